The molecule has 4 aromatic rings. The third-order valence-corrected chi connectivity index (χ3v) is 7.97. The number of aromatic nitrogens is 2. The molecule has 0 bridgehead atoms. The second-order valence-corrected chi connectivity index (χ2v) is 10.5. The second-order valence-electron chi connectivity index (χ2n) is 8.32. The zero-order valence-electron chi connectivity index (χ0n) is 19.4. The maximum atomic E-state index is 14.0. The van der Waals surface area contributed by atoms with Gasteiger partial charge in [-0.15, -0.1) is 10.2 Å². The molecule has 2 heterocycles. The van der Waals surface area contributed by atoms with E-state index in [1.165, 1.54) is 34.9 Å². The largest absolute Gasteiger partial charge is 0.507 e. The number of Topliss-reactive ketones (excluding diaryl/α,β-unsaturated/α-hetero) is 1. The van der Waals surface area contributed by atoms with Gasteiger partial charge in [-0.25, -0.2) is 8.78 Å². The van der Waals surface area contributed by atoms with E-state index >= 15 is 0 Å². The second kappa shape index (κ2) is 10.2. The molecule has 1 saturated heterocycles. The summed E-state index contributed by atoms with van der Waals surface area (Å²) >= 11 is 2.35. The Morgan fingerprint density at radius 2 is 1.70 bits per heavy atom. The molecule has 186 valence electrons. The first kappa shape index (κ1) is 24.8. The lowest BCUT2D eigenvalue weighted by atomic mass is 9.95. The van der Waals surface area contributed by atoms with Crippen molar-refractivity contribution in [2.75, 3.05) is 4.90 Å². The normalized spacial score (nSPS) is 16.9. The quantitative estimate of drug-likeness (QED) is 0.107. The van der Waals surface area contributed by atoms with Crippen molar-refractivity contribution < 1.29 is 23.5 Å². The molecule has 6 nitrogen and oxygen atoms in total. The number of benzene rings is 3. The average molecular weight is 536 g/mol. The minimum Gasteiger partial charge on any atom is -0.507 e. The van der Waals surface area contributed by atoms with E-state index in [1.807, 2.05) is 19.1 Å². The van der Waals surface area contributed by atoms with Gasteiger partial charge in [0.25, 0.3) is 5.78 Å². The van der Waals surface area contributed by atoms with E-state index < -0.39 is 29.3 Å². The molecule has 1 N–H and O–H groups in total. The number of thioether (sulfide) groups is 1. The molecule has 0 aliphatic carbocycles. The van der Waals surface area contributed by atoms with E-state index in [-0.39, 0.29) is 22.1 Å². The lowest BCUT2D eigenvalue weighted by Gasteiger charge is -2.22. The predicted molar refractivity (Wildman–Crippen MR) is 138 cm³/mol. The third-order valence-electron chi connectivity index (χ3n) is 5.87. The van der Waals surface area contributed by atoms with Crippen LogP contribution in [-0.2, 0) is 15.3 Å². The standard InChI is InChI=1S/C27H19F2N3O3S2/c1-15-6-8-16(9-7-15)22-21(23(33)17-10-12-19(28)13-11-17)24(34)25(35)32(22)26-30-31-27(37-26)36-14-18-4-2-3-5-20(18)29/h2-13,22,33H,14H2,1H3/b23-21-. The van der Waals surface area contributed by atoms with Crippen LogP contribution in [0.1, 0.15) is 28.3 Å². The summed E-state index contributed by atoms with van der Waals surface area (Å²) in [5, 5.41) is 19.5. The molecular formula is C27H19F2N3O3S2. The average Bonchev–Trinajstić information content (AvgIpc) is 3.46. The maximum Gasteiger partial charge on any atom is 0.301 e. The summed E-state index contributed by atoms with van der Waals surface area (Å²) in [6, 6.07) is 17.7. The fraction of sp³-hybridized carbons (Fsp3) is 0.111. The molecule has 1 aliphatic heterocycles. The predicted octanol–water partition coefficient (Wildman–Crippen LogP) is 6.04. The van der Waals surface area contributed by atoms with Crippen molar-refractivity contribution in [3.63, 3.8) is 0 Å². The molecule has 1 aliphatic rings. The first-order valence-electron chi connectivity index (χ1n) is 11.2. The van der Waals surface area contributed by atoms with Crippen molar-refractivity contribution in [2.45, 2.75) is 23.1 Å². The van der Waals surface area contributed by atoms with Crippen molar-refractivity contribution in [1.29, 1.82) is 0 Å². The van der Waals surface area contributed by atoms with E-state index in [1.54, 1.807) is 30.3 Å². The van der Waals surface area contributed by atoms with Crippen molar-refractivity contribution in [1.82, 2.24) is 10.2 Å². The van der Waals surface area contributed by atoms with Gasteiger partial charge >= 0.3 is 5.91 Å². The van der Waals surface area contributed by atoms with Crippen LogP contribution >= 0.6 is 23.1 Å². The lowest BCUT2D eigenvalue weighted by molar-refractivity contribution is -0.132. The summed E-state index contributed by atoms with van der Waals surface area (Å²) in [6.45, 7) is 1.91. The fourth-order valence-corrected chi connectivity index (χ4v) is 5.82. The van der Waals surface area contributed by atoms with Gasteiger partial charge in [0.1, 0.15) is 17.4 Å². The van der Waals surface area contributed by atoms with Gasteiger partial charge in [-0.3, -0.25) is 14.5 Å². The van der Waals surface area contributed by atoms with Crippen LogP contribution in [-0.4, -0.2) is 27.0 Å². The number of aliphatic hydroxyl groups excluding tert-OH is 1. The third kappa shape index (κ3) is 4.90. The highest BCUT2D eigenvalue weighted by atomic mass is 32.2. The van der Waals surface area contributed by atoms with Gasteiger partial charge in [-0.05, 0) is 48.4 Å². The smallest absolute Gasteiger partial charge is 0.301 e. The van der Waals surface area contributed by atoms with Crippen LogP contribution in [0.4, 0.5) is 13.9 Å². The van der Waals surface area contributed by atoms with Gasteiger partial charge in [-0.2, -0.15) is 0 Å². The number of hydrogen-bond donors (Lipinski definition) is 1. The first-order chi connectivity index (χ1) is 17.8. The Kier molecular flexibility index (Phi) is 6.86. The van der Waals surface area contributed by atoms with Crippen LogP contribution in [0, 0.1) is 18.6 Å². The molecule has 1 aromatic heterocycles. The summed E-state index contributed by atoms with van der Waals surface area (Å²) < 4.78 is 27.9. The topological polar surface area (TPSA) is 83.4 Å². The minimum atomic E-state index is -0.969. The summed E-state index contributed by atoms with van der Waals surface area (Å²) in [7, 11) is 0. The Morgan fingerprint density at radius 3 is 2.41 bits per heavy atom. The lowest BCUT2D eigenvalue weighted by Crippen LogP contribution is -2.29. The zero-order chi connectivity index (χ0) is 26.1. The summed E-state index contributed by atoms with van der Waals surface area (Å²) in [5.74, 6) is -2.68. The van der Waals surface area contributed by atoms with Gasteiger partial charge in [0.15, 0.2) is 4.34 Å². The molecular weight excluding hydrogens is 516 g/mol. The van der Waals surface area contributed by atoms with Gasteiger partial charge in [0.05, 0.1) is 11.6 Å². The molecule has 3 aromatic carbocycles. The number of nitrogens with zero attached hydrogens (tertiary/aromatic N) is 3. The molecule has 1 unspecified atom stereocenters. The van der Waals surface area contributed by atoms with Gasteiger partial charge < -0.3 is 5.11 Å². The van der Waals surface area contributed by atoms with Crippen LogP contribution in [0.25, 0.3) is 5.76 Å². The van der Waals surface area contributed by atoms with E-state index in [0.717, 1.165) is 29.0 Å². The Hall–Kier alpha value is -3.89. The number of anilines is 1. The van der Waals surface area contributed by atoms with Crippen molar-refractivity contribution >= 4 is 45.7 Å². The summed E-state index contributed by atoms with van der Waals surface area (Å²) in [4.78, 5) is 27.7. The van der Waals surface area contributed by atoms with Crippen molar-refractivity contribution in [3.8, 4) is 0 Å². The van der Waals surface area contributed by atoms with Crippen molar-refractivity contribution in [3.05, 3.63) is 112 Å². The number of carbonyl (C=O) groups is 2. The monoisotopic (exact) mass is 535 g/mol. The zero-order valence-corrected chi connectivity index (χ0v) is 21.0. The molecule has 0 saturated carbocycles. The van der Waals surface area contributed by atoms with E-state index in [9.17, 15) is 23.5 Å². The Morgan fingerprint density at radius 1 is 1.00 bits per heavy atom. The summed E-state index contributed by atoms with van der Waals surface area (Å²) in [5.41, 5.74) is 2.14. The first-order valence-corrected chi connectivity index (χ1v) is 13.0. The molecule has 0 spiro atoms. The van der Waals surface area contributed by atoms with Gasteiger partial charge in [-0.1, -0.05) is 71.1 Å². The van der Waals surface area contributed by atoms with E-state index in [2.05, 4.69) is 10.2 Å². The number of aliphatic hydroxyl groups is 1. The SMILES string of the molecule is Cc1ccc(C2/C(=C(/O)c3ccc(F)cc3)C(=O)C(=O)N2c2nnc(SCc3ccccc3F)s2)cc1. The van der Waals surface area contributed by atoms with Crippen LogP contribution in [0.5, 0.6) is 0 Å². The maximum absolute atomic E-state index is 14.0. The van der Waals surface area contributed by atoms with Gasteiger partial charge in [0.2, 0.25) is 5.13 Å². The molecule has 5 rings (SSSR count). The molecule has 0 radical (unpaired) electrons. The fourth-order valence-electron chi connectivity index (χ4n) is 3.97. The highest BCUT2D eigenvalue weighted by Gasteiger charge is 2.48. The van der Waals surface area contributed by atoms with E-state index in [0.29, 0.717) is 21.2 Å². The number of carbonyl (C=O) groups excluding carboxylic acids is 2. The molecule has 1 amide bonds. The summed E-state index contributed by atoms with van der Waals surface area (Å²) in [6.07, 6.45) is 0. The van der Waals surface area contributed by atoms with Crippen LogP contribution in [0.15, 0.2) is 82.7 Å². The van der Waals surface area contributed by atoms with Crippen LogP contribution < -0.4 is 4.90 Å². The number of halogens is 2. The number of amides is 1. The van der Waals surface area contributed by atoms with Crippen LogP contribution in [0.2, 0.25) is 0 Å². The van der Waals surface area contributed by atoms with E-state index in [4.69, 9.17) is 0 Å². The molecule has 10 heteroatoms. The van der Waals surface area contributed by atoms with Gasteiger partial charge in [0, 0.05) is 11.3 Å². The molecule has 1 fully saturated rings. The Balaban J connectivity index is 1.54. The highest BCUT2D eigenvalue weighted by molar-refractivity contribution is 8.00. The molecule has 1 atom stereocenters. The van der Waals surface area contributed by atoms with Crippen LogP contribution in [0.3, 0.4) is 0 Å². The number of hydrogen-bond acceptors (Lipinski definition) is 7. The Labute approximate surface area is 219 Å². The van der Waals surface area contributed by atoms with Crippen molar-refractivity contribution in [2.24, 2.45) is 0 Å². The number of aryl methyl sites for hydroxylation is 1. The molecule has 37 heavy (non-hydrogen) atoms. The number of ketones is 1. The highest BCUT2D eigenvalue weighted by Crippen LogP contribution is 2.44. The number of rotatable bonds is 6. The minimum absolute atomic E-state index is 0.128. The Bertz CT molecular complexity index is 1520.